The van der Waals surface area contributed by atoms with Gasteiger partial charge in [0.05, 0.1) is 5.56 Å². The maximum Gasteiger partial charge on any atom is 0.339 e. The van der Waals surface area contributed by atoms with Gasteiger partial charge in [-0.1, -0.05) is 18.7 Å². The molecule has 1 aromatic rings. The molecule has 0 spiro atoms. The van der Waals surface area contributed by atoms with Crippen molar-refractivity contribution in [2.75, 3.05) is 0 Å². The molecule has 0 unspecified atom stereocenters. The lowest BCUT2D eigenvalue weighted by Gasteiger charge is -2.08. The van der Waals surface area contributed by atoms with E-state index in [9.17, 15) is 4.79 Å². The summed E-state index contributed by atoms with van der Waals surface area (Å²) in [5, 5.41) is 0. The van der Waals surface area contributed by atoms with Crippen LogP contribution >= 0.6 is 0 Å². The number of carbonyl (C=O) groups is 1. The van der Waals surface area contributed by atoms with Crippen LogP contribution in [0.4, 0.5) is 0 Å². The van der Waals surface area contributed by atoms with Crippen molar-refractivity contribution in [2.24, 2.45) is 0 Å². The highest BCUT2D eigenvalue weighted by atomic mass is 16.5. The summed E-state index contributed by atoms with van der Waals surface area (Å²) in [4.78, 5) is 11.4. The van der Waals surface area contributed by atoms with Gasteiger partial charge in [0.1, 0.15) is 6.61 Å². The Bertz CT molecular complexity index is 430. The van der Waals surface area contributed by atoms with Gasteiger partial charge in [0.25, 0.3) is 0 Å². The maximum absolute atomic E-state index is 11.4. The third-order valence-corrected chi connectivity index (χ3v) is 2.68. The third-order valence-electron chi connectivity index (χ3n) is 2.68. The summed E-state index contributed by atoms with van der Waals surface area (Å²) in [6.07, 6.45) is 1.79. The van der Waals surface area contributed by atoms with Crippen LogP contribution < -0.4 is 0 Å². The molecule has 14 heavy (non-hydrogen) atoms. The molecular weight excluding hydrogens is 176 g/mol. The number of hydrogen-bond donors (Lipinski definition) is 0. The Labute approximate surface area is 83.2 Å². The number of benzene rings is 1. The Morgan fingerprint density at radius 2 is 2.21 bits per heavy atom. The van der Waals surface area contributed by atoms with Crippen LogP contribution in [0.25, 0.3) is 6.08 Å². The van der Waals surface area contributed by atoms with Crippen LogP contribution in [-0.4, -0.2) is 5.97 Å². The summed E-state index contributed by atoms with van der Waals surface area (Å²) >= 11 is 0. The third kappa shape index (κ3) is 1.07. The van der Waals surface area contributed by atoms with Crippen LogP contribution in [0.15, 0.2) is 12.6 Å². The zero-order chi connectivity index (χ0) is 10.3. The van der Waals surface area contributed by atoms with E-state index in [1.54, 1.807) is 6.08 Å². The molecule has 1 heterocycles. The molecule has 2 rings (SSSR count). The molecule has 2 nitrogen and oxygen atoms in total. The molecule has 0 bridgehead atoms. The zero-order valence-electron chi connectivity index (χ0n) is 8.39. The van der Waals surface area contributed by atoms with Gasteiger partial charge in [-0.3, -0.25) is 0 Å². The molecule has 1 aliphatic heterocycles. The van der Waals surface area contributed by atoms with Gasteiger partial charge in [-0.15, -0.1) is 0 Å². The predicted molar refractivity (Wildman–Crippen MR) is 55.1 cm³/mol. The minimum atomic E-state index is -0.208. The van der Waals surface area contributed by atoms with Gasteiger partial charge in [0, 0.05) is 5.56 Å². The molecule has 0 amide bonds. The van der Waals surface area contributed by atoms with Gasteiger partial charge in [-0.2, -0.15) is 0 Å². The van der Waals surface area contributed by atoms with Gasteiger partial charge in [0.2, 0.25) is 0 Å². The molecular formula is C12H12O2. The van der Waals surface area contributed by atoms with E-state index in [1.807, 2.05) is 19.9 Å². The minimum absolute atomic E-state index is 0.208. The molecule has 0 aliphatic carbocycles. The maximum atomic E-state index is 11.4. The number of cyclic esters (lactones) is 1. The van der Waals surface area contributed by atoms with E-state index in [-0.39, 0.29) is 5.97 Å². The second-order valence-corrected chi connectivity index (χ2v) is 3.55. The van der Waals surface area contributed by atoms with Gasteiger partial charge in [-0.25, -0.2) is 4.79 Å². The number of carbonyl (C=O) groups excluding carboxylic acids is 1. The van der Waals surface area contributed by atoms with E-state index < -0.39 is 0 Å². The molecule has 0 saturated carbocycles. The molecule has 1 aliphatic rings. The lowest BCUT2D eigenvalue weighted by molar-refractivity contribution is 0.0534. The highest BCUT2D eigenvalue weighted by Gasteiger charge is 2.25. The first kappa shape index (κ1) is 9.00. The highest BCUT2D eigenvalue weighted by molar-refractivity contribution is 5.96. The molecule has 0 saturated heterocycles. The second-order valence-electron chi connectivity index (χ2n) is 3.55. The number of hydrogen-bond acceptors (Lipinski definition) is 2. The quantitative estimate of drug-likeness (QED) is 0.633. The van der Waals surface area contributed by atoms with Crippen molar-refractivity contribution >= 4 is 12.0 Å². The normalized spacial score (nSPS) is 13.7. The Balaban J connectivity index is 2.76. The summed E-state index contributed by atoms with van der Waals surface area (Å²) in [6, 6.07) is 2.00. The fourth-order valence-electron chi connectivity index (χ4n) is 2.01. The summed E-state index contributed by atoms with van der Waals surface area (Å²) < 4.78 is 4.99. The van der Waals surface area contributed by atoms with E-state index in [4.69, 9.17) is 4.74 Å². The van der Waals surface area contributed by atoms with E-state index in [2.05, 4.69) is 6.58 Å². The Morgan fingerprint density at radius 3 is 2.86 bits per heavy atom. The van der Waals surface area contributed by atoms with Gasteiger partial charge in [0.15, 0.2) is 0 Å². The monoisotopic (exact) mass is 188 g/mol. The zero-order valence-corrected chi connectivity index (χ0v) is 8.39. The topological polar surface area (TPSA) is 26.3 Å². The van der Waals surface area contributed by atoms with E-state index in [0.29, 0.717) is 6.61 Å². The summed E-state index contributed by atoms with van der Waals surface area (Å²) in [5.74, 6) is -0.208. The molecule has 2 heteroatoms. The van der Waals surface area contributed by atoms with Crippen LogP contribution in [0.3, 0.4) is 0 Å². The van der Waals surface area contributed by atoms with Crippen LogP contribution in [-0.2, 0) is 11.3 Å². The lowest BCUT2D eigenvalue weighted by atomic mass is 9.94. The Morgan fingerprint density at radius 1 is 1.50 bits per heavy atom. The Kier molecular flexibility index (Phi) is 1.92. The molecule has 0 N–H and O–H groups in total. The number of fused-ring (bicyclic) bond motifs is 1. The standard InChI is InChI=1S/C12H12O2/c1-4-10-7(2)5-9-6-14-12(13)11(9)8(10)3/h4-5H,1,6H2,2-3H3. The average molecular weight is 188 g/mol. The minimum Gasteiger partial charge on any atom is -0.457 e. The predicted octanol–water partition coefficient (Wildman–Crippen LogP) is 2.62. The van der Waals surface area contributed by atoms with Gasteiger partial charge in [-0.05, 0) is 30.5 Å². The first-order chi connectivity index (χ1) is 6.65. The van der Waals surface area contributed by atoms with Crippen LogP contribution in [0.2, 0.25) is 0 Å². The SMILES string of the molecule is C=Cc1c(C)cc2c(c1C)C(=O)OC2. The molecule has 0 fully saturated rings. The second kappa shape index (κ2) is 2.98. The fraction of sp³-hybridized carbons (Fsp3) is 0.250. The van der Waals surface area contributed by atoms with Crippen molar-refractivity contribution in [1.82, 2.24) is 0 Å². The average Bonchev–Trinajstić information content (AvgIpc) is 2.48. The first-order valence-electron chi connectivity index (χ1n) is 4.57. The van der Waals surface area contributed by atoms with Gasteiger partial charge < -0.3 is 4.74 Å². The summed E-state index contributed by atoms with van der Waals surface area (Å²) in [6.45, 7) is 8.12. The Hall–Kier alpha value is -1.57. The van der Waals surface area contributed by atoms with Crippen molar-refractivity contribution in [2.45, 2.75) is 20.5 Å². The van der Waals surface area contributed by atoms with Crippen molar-refractivity contribution in [1.29, 1.82) is 0 Å². The van der Waals surface area contributed by atoms with Crippen LogP contribution in [0.1, 0.15) is 32.6 Å². The molecule has 0 atom stereocenters. The first-order valence-corrected chi connectivity index (χ1v) is 4.57. The van der Waals surface area contributed by atoms with Gasteiger partial charge >= 0.3 is 5.97 Å². The van der Waals surface area contributed by atoms with Crippen LogP contribution in [0, 0.1) is 13.8 Å². The largest absolute Gasteiger partial charge is 0.457 e. The fourth-order valence-corrected chi connectivity index (χ4v) is 2.01. The number of esters is 1. The number of rotatable bonds is 1. The lowest BCUT2D eigenvalue weighted by Crippen LogP contribution is -2.00. The van der Waals surface area contributed by atoms with Crippen molar-refractivity contribution in [3.8, 4) is 0 Å². The number of ether oxygens (including phenoxy) is 1. The summed E-state index contributed by atoms with van der Waals surface area (Å²) in [7, 11) is 0. The molecule has 1 aromatic carbocycles. The molecule has 0 aromatic heterocycles. The van der Waals surface area contributed by atoms with E-state index in [1.165, 1.54) is 0 Å². The van der Waals surface area contributed by atoms with Crippen molar-refractivity contribution in [3.63, 3.8) is 0 Å². The molecule has 72 valence electrons. The van der Waals surface area contributed by atoms with Crippen LogP contribution in [0.5, 0.6) is 0 Å². The van der Waals surface area contributed by atoms with Crippen molar-refractivity contribution < 1.29 is 9.53 Å². The summed E-state index contributed by atoms with van der Waals surface area (Å²) in [5.41, 5.74) is 4.90. The highest BCUT2D eigenvalue weighted by Crippen LogP contribution is 2.28. The van der Waals surface area contributed by atoms with E-state index >= 15 is 0 Å². The smallest absolute Gasteiger partial charge is 0.339 e. The molecule has 0 radical (unpaired) electrons. The number of aryl methyl sites for hydroxylation is 1. The van der Waals surface area contributed by atoms with Crippen molar-refractivity contribution in [3.05, 3.63) is 40.5 Å². The van der Waals surface area contributed by atoms with E-state index in [0.717, 1.165) is 27.8 Å².